The van der Waals surface area contributed by atoms with Gasteiger partial charge in [-0.3, -0.25) is 0 Å². The Bertz CT molecular complexity index is 671. The molecule has 2 aliphatic carbocycles. The minimum Gasteiger partial charge on any atom is -1.00 e. The third kappa shape index (κ3) is 3.73. The molecule has 0 amide bonds. The summed E-state index contributed by atoms with van der Waals surface area (Å²) < 4.78 is 0. The summed E-state index contributed by atoms with van der Waals surface area (Å²) in [6, 6.07) is 17.3. The van der Waals surface area contributed by atoms with E-state index in [9.17, 15) is 0 Å². The minimum atomic E-state index is 0. The van der Waals surface area contributed by atoms with Gasteiger partial charge in [-0.15, -0.1) is 19.1 Å². The van der Waals surface area contributed by atoms with Gasteiger partial charge in [0, 0.05) is 25.8 Å². The van der Waals surface area contributed by atoms with E-state index in [1.165, 1.54) is 22.3 Å². The maximum absolute atomic E-state index is 4.50. The molecule has 2 heteroatoms. The van der Waals surface area contributed by atoms with Gasteiger partial charge in [0.1, 0.15) is 0 Å². The molecular weight excluding hydrogens is 478 g/mol. The third-order valence-electron chi connectivity index (χ3n) is 4.60. The van der Waals surface area contributed by atoms with E-state index < -0.39 is 0 Å². The summed E-state index contributed by atoms with van der Waals surface area (Å²) in [5, 5.41) is 0. The zero-order chi connectivity index (χ0) is 15.5. The van der Waals surface area contributed by atoms with Crippen molar-refractivity contribution in [2.24, 2.45) is 5.92 Å². The number of benzene rings is 2. The number of hydrogen-bond acceptors (Lipinski definition) is 0. The molecule has 24 heavy (non-hydrogen) atoms. The van der Waals surface area contributed by atoms with E-state index in [4.69, 9.17) is 0 Å². The molecule has 122 valence electrons. The van der Waals surface area contributed by atoms with Crippen LogP contribution in [0.15, 0.2) is 73.8 Å². The average molecular weight is 499 g/mol. The van der Waals surface area contributed by atoms with Gasteiger partial charge in [-0.1, -0.05) is 72.8 Å². The first-order valence-electron chi connectivity index (χ1n) is 7.72. The standard InChI is InChI=1S/C20H17.C2H4.ClH.Hf/c1-14(17-12-10-15-6-2-4-8-19(15)17)18-13-11-16-7-3-5-9-20(16)18;1-2;;/h2-14,17-18H,1H2;1-2H2;1H;/q-1;;;/p-1. The Morgan fingerprint density at radius 3 is 1.54 bits per heavy atom. The van der Waals surface area contributed by atoms with Crippen LogP contribution in [0.4, 0.5) is 0 Å². The molecule has 0 heterocycles. The Kier molecular flexibility index (Phi) is 8.12. The predicted octanol–water partition coefficient (Wildman–Crippen LogP) is 2.86. The molecule has 4 rings (SSSR count). The summed E-state index contributed by atoms with van der Waals surface area (Å²) >= 11 is 0. The van der Waals surface area contributed by atoms with Gasteiger partial charge in [-0.05, 0) is 34.1 Å². The van der Waals surface area contributed by atoms with Gasteiger partial charge in [-0.25, -0.2) is 0 Å². The maximum Gasteiger partial charge on any atom is 0 e. The maximum atomic E-state index is 4.50. The van der Waals surface area contributed by atoms with Crippen molar-refractivity contribution in [2.45, 2.75) is 11.8 Å². The summed E-state index contributed by atoms with van der Waals surface area (Å²) in [7, 11) is 0. The summed E-state index contributed by atoms with van der Waals surface area (Å²) in [5.74, 6) is 1.19. The van der Waals surface area contributed by atoms with Gasteiger partial charge in [-0.2, -0.15) is 0 Å². The molecule has 0 radical (unpaired) electrons. The summed E-state index contributed by atoms with van der Waals surface area (Å²) in [6.45, 7) is 10.5. The predicted molar refractivity (Wildman–Crippen MR) is 96.5 cm³/mol. The molecule has 0 bridgehead atoms. The van der Waals surface area contributed by atoms with E-state index in [0.29, 0.717) is 17.8 Å². The average Bonchev–Trinajstić information content (AvgIpc) is 3.20. The topological polar surface area (TPSA) is 0 Å². The van der Waals surface area contributed by atoms with Crippen molar-refractivity contribution in [1.82, 2.24) is 0 Å². The molecule has 0 saturated heterocycles. The second kappa shape index (κ2) is 9.34. The molecule has 0 aliphatic heterocycles. The number of allylic oxidation sites excluding steroid dienone is 2. The van der Waals surface area contributed by atoms with Gasteiger partial charge >= 0.3 is 0 Å². The molecule has 0 saturated carbocycles. The molecule has 0 nitrogen and oxygen atoms in total. The molecule has 0 fully saturated rings. The van der Waals surface area contributed by atoms with Crippen LogP contribution in [-0.2, 0) is 25.8 Å². The second-order valence-electron chi connectivity index (χ2n) is 5.69. The number of rotatable bonds is 2. The van der Waals surface area contributed by atoms with Crippen molar-refractivity contribution >= 4 is 12.2 Å². The Balaban J connectivity index is 0.000000695. The van der Waals surface area contributed by atoms with Gasteiger partial charge in [0.25, 0.3) is 0 Å². The van der Waals surface area contributed by atoms with Crippen LogP contribution in [0.3, 0.4) is 0 Å². The largest absolute Gasteiger partial charge is 1.00 e. The van der Waals surface area contributed by atoms with Crippen LogP contribution in [-0.4, -0.2) is 0 Å². The van der Waals surface area contributed by atoms with Crippen molar-refractivity contribution in [1.29, 1.82) is 0 Å². The fraction of sp³-hybridized carbons (Fsp3) is 0.136. The Hall–Kier alpha value is -1.18. The van der Waals surface area contributed by atoms with E-state index >= 15 is 0 Å². The van der Waals surface area contributed by atoms with Crippen LogP contribution < -0.4 is 12.4 Å². The zero-order valence-corrected chi connectivity index (χ0v) is 18.0. The first-order chi connectivity index (χ1) is 10.8. The van der Waals surface area contributed by atoms with Crippen LogP contribution in [0.5, 0.6) is 0 Å². The molecular formula is C22H21ClHf-2. The van der Waals surface area contributed by atoms with Gasteiger partial charge in [0.05, 0.1) is 0 Å². The third-order valence-corrected chi connectivity index (χ3v) is 4.60. The van der Waals surface area contributed by atoms with E-state index in [0.717, 1.165) is 0 Å². The van der Waals surface area contributed by atoms with Crippen molar-refractivity contribution in [3.63, 3.8) is 0 Å². The molecule has 2 unspecified atom stereocenters. The first-order valence-corrected chi connectivity index (χ1v) is 7.72. The van der Waals surface area contributed by atoms with Crippen molar-refractivity contribution < 1.29 is 38.3 Å². The Morgan fingerprint density at radius 1 is 0.750 bits per heavy atom. The van der Waals surface area contributed by atoms with Crippen LogP contribution in [0.25, 0.3) is 12.2 Å². The normalized spacial score (nSPS) is 19.9. The molecule has 2 atom stereocenters. The Morgan fingerprint density at radius 2 is 1.12 bits per heavy atom. The summed E-state index contributed by atoms with van der Waals surface area (Å²) in [5.41, 5.74) is 5.54. The van der Waals surface area contributed by atoms with E-state index in [2.05, 4.69) is 92.9 Å². The van der Waals surface area contributed by atoms with Crippen molar-refractivity contribution in [3.05, 3.63) is 103 Å². The molecule has 2 aliphatic rings. The van der Waals surface area contributed by atoms with E-state index in [1.807, 2.05) is 0 Å². The Labute approximate surface area is 170 Å². The fourth-order valence-corrected chi connectivity index (χ4v) is 3.52. The van der Waals surface area contributed by atoms with Crippen molar-refractivity contribution in [2.75, 3.05) is 0 Å². The summed E-state index contributed by atoms with van der Waals surface area (Å²) in [6.07, 6.45) is 9.11. The number of halogens is 1. The second-order valence-corrected chi connectivity index (χ2v) is 5.69. The molecule has 0 N–H and O–H groups in total. The van der Waals surface area contributed by atoms with Crippen LogP contribution in [0.2, 0.25) is 0 Å². The van der Waals surface area contributed by atoms with Crippen LogP contribution >= 0.6 is 0 Å². The van der Waals surface area contributed by atoms with Crippen LogP contribution in [0.1, 0.15) is 34.1 Å². The van der Waals surface area contributed by atoms with Crippen LogP contribution in [0, 0.1) is 12.8 Å². The molecule has 2 aromatic carbocycles. The van der Waals surface area contributed by atoms with Gasteiger partial charge in [0.15, 0.2) is 0 Å². The van der Waals surface area contributed by atoms with Gasteiger partial charge in [0.2, 0.25) is 0 Å². The molecule has 0 spiro atoms. The van der Waals surface area contributed by atoms with Crippen molar-refractivity contribution in [3.8, 4) is 0 Å². The van der Waals surface area contributed by atoms with Gasteiger partial charge < -0.3 is 19.3 Å². The summed E-state index contributed by atoms with van der Waals surface area (Å²) in [4.78, 5) is 0. The minimum absolute atomic E-state index is 0. The smallest absolute Gasteiger partial charge is 0 e. The molecule has 0 aromatic heterocycles. The SMILES string of the molecule is C=C.[CH2-]C(C1C=Cc2ccccc21)C1C=Cc2ccccc21.[Cl-].[Hf]. The van der Waals surface area contributed by atoms with E-state index in [-0.39, 0.29) is 38.3 Å². The molecule has 2 aromatic rings. The fourth-order valence-electron chi connectivity index (χ4n) is 3.52. The quantitative estimate of drug-likeness (QED) is 0.339. The number of fused-ring (bicyclic) bond motifs is 2. The first kappa shape index (κ1) is 20.9. The zero-order valence-electron chi connectivity index (χ0n) is 13.7. The van der Waals surface area contributed by atoms with E-state index in [1.54, 1.807) is 0 Å². The number of hydrogen-bond donors (Lipinski definition) is 0. The monoisotopic (exact) mass is 500 g/mol.